The van der Waals surface area contributed by atoms with Crippen LogP contribution in [0.3, 0.4) is 0 Å². The molecule has 2 N–H and O–H groups in total. The number of hydrogen-bond donors (Lipinski definition) is 2. The third kappa shape index (κ3) is 6.67. The van der Waals surface area contributed by atoms with Gasteiger partial charge in [0.15, 0.2) is 27.9 Å². The van der Waals surface area contributed by atoms with Gasteiger partial charge in [0.25, 0.3) is 17.5 Å². The summed E-state index contributed by atoms with van der Waals surface area (Å²) in [7, 11) is -2.33. The van der Waals surface area contributed by atoms with E-state index in [-0.39, 0.29) is 29.5 Å². The maximum Gasteiger partial charge on any atom is 0.271 e. The van der Waals surface area contributed by atoms with Gasteiger partial charge in [-0.2, -0.15) is 0 Å². The summed E-state index contributed by atoms with van der Waals surface area (Å²) in [5, 5.41) is 16.3. The van der Waals surface area contributed by atoms with Crippen molar-refractivity contribution < 1.29 is 32.4 Å². The van der Waals surface area contributed by atoms with Gasteiger partial charge in [-0.3, -0.25) is 19.7 Å². The van der Waals surface area contributed by atoms with Gasteiger partial charge in [0.05, 0.1) is 16.9 Å². The molecule has 0 aliphatic heterocycles. The fraction of sp³-hybridized carbons (Fsp3) is 0.300. The molecule has 0 aliphatic rings. The first-order valence-corrected chi connectivity index (χ1v) is 11.3. The Morgan fingerprint density at radius 2 is 1.81 bits per heavy atom. The van der Waals surface area contributed by atoms with E-state index in [4.69, 9.17) is 9.47 Å². The third-order valence-corrected chi connectivity index (χ3v) is 5.30. The maximum atomic E-state index is 12.5. The Morgan fingerprint density at radius 3 is 2.41 bits per heavy atom. The van der Waals surface area contributed by atoms with Gasteiger partial charge in [0.1, 0.15) is 0 Å². The van der Waals surface area contributed by atoms with Gasteiger partial charge in [-0.15, -0.1) is 0 Å². The van der Waals surface area contributed by atoms with Crippen LogP contribution in [-0.2, 0) is 21.2 Å². The molecule has 0 saturated carbocycles. The number of nitrogens with zero attached hydrogens (tertiary/aromatic N) is 1. The molecule has 2 aromatic rings. The first-order valence-electron chi connectivity index (χ1n) is 9.39. The molecule has 2 amide bonds. The van der Waals surface area contributed by atoms with E-state index in [1.54, 1.807) is 25.1 Å². The predicted molar refractivity (Wildman–Crippen MR) is 115 cm³/mol. The van der Waals surface area contributed by atoms with Crippen molar-refractivity contribution in [2.45, 2.75) is 18.4 Å². The van der Waals surface area contributed by atoms with Crippen molar-refractivity contribution in [1.29, 1.82) is 0 Å². The number of carbonyl (C=O) groups is 2. The molecule has 0 aliphatic carbocycles. The van der Waals surface area contributed by atoms with Crippen LogP contribution in [0.25, 0.3) is 0 Å². The number of hydrogen-bond acceptors (Lipinski definition) is 8. The Hall–Kier alpha value is -3.67. The fourth-order valence-electron chi connectivity index (χ4n) is 2.65. The van der Waals surface area contributed by atoms with Gasteiger partial charge in [-0.05, 0) is 30.7 Å². The second-order valence-corrected chi connectivity index (χ2v) is 8.67. The number of non-ortho nitro benzene ring substituents is 1. The second-order valence-electron chi connectivity index (χ2n) is 6.65. The highest BCUT2D eigenvalue weighted by Crippen LogP contribution is 2.28. The summed E-state index contributed by atoms with van der Waals surface area (Å²) in [4.78, 5) is 34.0. The van der Waals surface area contributed by atoms with Crippen molar-refractivity contribution in [3.8, 4) is 11.5 Å². The zero-order valence-corrected chi connectivity index (χ0v) is 18.5. The van der Waals surface area contributed by atoms with Crippen molar-refractivity contribution >= 4 is 27.3 Å². The first kappa shape index (κ1) is 24.6. The first-order chi connectivity index (χ1) is 15.0. The lowest BCUT2D eigenvalue weighted by molar-refractivity contribution is -0.385. The van der Waals surface area contributed by atoms with E-state index in [0.717, 1.165) is 24.5 Å². The smallest absolute Gasteiger partial charge is 0.271 e. The standard InChI is InChI=1S/C20H23N3O8S/c1-4-21-19(24)12-31-17-6-5-13(7-18(17)30-2)11-22-20(25)14-8-15(23(26)27)10-16(9-14)32(3,28)29/h5-10H,4,11-12H2,1-3H3,(H,21,24)(H,22,25). The van der Waals surface area contributed by atoms with Crippen LogP contribution in [0, 0.1) is 10.1 Å². The third-order valence-electron chi connectivity index (χ3n) is 4.21. The van der Waals surface area contributed by atoms with Crippen LogP contribution in [0.2, 0.25) is 0 Å². The van der Waals surface area contributed by atoms with Crippen LogP contribution in [0.15, 0.2) is 41.3 Å². The number of rotatable bonds is 10. The number of likely N-dealkylation sites (N-methyl/N-ethyl adjacent to an activating group) is 1. The van der Waals surface area contributed by atoms with Crippen LogP contribution in [-0.4, -0.2) is 51.7 Å². The molecule has 0 saturated heterocycles. The summed E-state index contributed by atoms with van der Waals surface area (Å²) >= 11 is 0. The molecule has 0 unspecified atom stereocenters. The summed E-state index contributed by atoms with van der Waals surface area (Å²) in [6, 6.07) is 7.80. The van der Waals surface area contributed by atoms with Gasteiger partial charge >= 0.3 is 0 Å². The minimum Gasteiger partial charge on any atom is -0.493 e. The SMILES string of the molecule is CCNC(=O)COc1ccc(CNC(=O)c2cc([N+](=O)[O-])cc(S(C)(=O)=O)c2)cc1OC. The number of nitro groups is 1. The molecule has 0 heterocycles. The molecule has 2 aromatic carbocycles. The minimum absolute atomic E-state index is 0.0305. The average Bonchev–Trinajstić information content (AvgIpc) is 2.75. The highest BCUT2D eigenvalue weighted by Gasteiger charge is 2.19. The van der Waals surface area contributed by atoms with Crippen molar-refractivity contribution in [2.75, 3.05) is 26.5 Å². The Kier molecular flexibility index (Phi) is 8.13. The monoisotopic (exact) mass is 465 g/mol. The van der Waals surface area contributed by atoms with E-state index in [1.807, 2.05) is 0 Å². The number of nitro benzene ring substituents is 1. The van der Waals surface area contributed by atoms with Crippen molar-refractivity contribution in [3.63, 3.8) is 0 Å². The Labute approximate surface area is 184 Å². The number of sulfone groups is 1. The van der Waals surface area contributed by atoms with Gasteiger partial charge in [-0.25, -0.2) is 8.42 Å². The van der Waals surface area contributed by atoms with Gasteiger partial charge in [0, 0.05) is 37.0 Å². The van der Waals surface area contributed by atoms with Crippen molar-refractivity contribution in [1.82, 2.24) is 10.6 Å². The van der Waals surface area contributed by atoms with E-state index in [2.05, 4.69) is 10.6 Å². The van der Waals surface area contributed by atoms with Crippen molar-refractivity contribution in [3.05, 3.63) is 57.6 Å². The molecule has 0 spiro atoms. The van der Waals surface area contributed by atoms with Gasteiger partial charge in [-0.1, -0.05) is 6.07 Å². The summed E-state index contributed by atoms with van der Waals surface area (Å²) in [6.45, 7) is 2.11. The zero-order valence-electron chi connectivity index (χ0n) is 17.7. The molecule has 0 bridgehead atoms. The normalized spacial score (nSPS) is 10.8. The van der Waals surface area contributed by atoms with Crippen molar-refractivity contribution in [2.24, 2.45) is 0 Å². The Morgan fingerprint density at radius 1 is 1.09 bits per heavy atom. The number of nitrogens with one attached hydrogen (secondary N) is 2. The van der Waals surface area contributed by atoms with Gasteiger partial charge < -0.3 is 20.1 Å². The highest BCUT2D eigenvalue weighted by molar-refractivity contribution is 7.90. The molecule has 12 heteroatoms. The molecule has 2 rings (SSSR count). The van der Waals surface area contributed by atoms with E-state index in [0.29, 0.717) is 23.6 Å². The molecule has 0 aromatic heterocycles. The predicted octanol–water partition coefficient (Wildman–Crippen LogP) is 1.45. The van der Waals surface area contributed by atoms with Crippen LogP contribution >= 0.6 is 0 Å². The average molecular weight is 465 g/mol. The van der Waals surface area contributed by atoms with E-state index in [1.165, 1.54) is 7.11 Å². The fourth-order valence-corrected chi connectivity index (χ4v) is 3.33. The van der Waals surface area contributed by atoms with Crippen LogP contribution in [0.5, 0.6) is 11.5 Å². The van der Waals surface area contributed by atoms with Crippen LogP contribution < -0.4 is 20.1 Å². The number of amides is 2. The van der Waals surface area contributed by atoms with E-state index >= 15 is 0 Å². The summed E-state index contributed by atoms with van der Waals surface area (Å²) in [5.74, 6) is -0.286. The van der Waals surface area contributed by atoms with E-state index < -0.39 is 26.4 Å². The van der Waals surface area contributed by atoms with Crippen LogP contribution in [0.4, 0.5) is 5.69 Å². The topological polar surface area (TPSA) is 154 Å². The number of carbonyl (C=O) groups excluding carboxylic acids is 2. The quantitative estimate of drug-likeness (QED) is 0.395. The lowest BCUT2D eigenvalue weighted by Gasteiger charge is -2.13. The van der Waals surface area contributed by atoms with Gasteiger partial charge in [0.2, 0.25) is 0 Å². The summed E-state index contributed by atoms with van der Waals surface area (Å²) in [5.41, 5.74) is -0.0452. The molecule has 0 radical (unpaired) electrons. The molecule has 11 nitrogen and oxygen atoms in total. The summed E-state index contributed by atoms with van der Waals surface area (Å²) < 4.78 is 34.3. The number of methoxy groups -OCH3 is 1. The maximum absolute atomic E-state index is 12.5. The molecule has 32 heavy (non-hydrogen) atoms. The molecule has 172 valence electrons. The number of benzene rings is 2. The Bertz CT molecular complexity index is 1130. The highest BCUT2D eigenvalue weighted by atomic mass is 32.2. The van der Waals surface area contributed by atoms with E-state index in [9.17, 15) is 28.1 Å². The lowest BCUT2D eigenvalue weighted by Crippen LogP contribution is -2.28. The Balaban J connectivity index is 2.15. The molecule has 0 atom stereocenters. The second kappa shape index (κ2) is 10.6. The molecular formula is C20H23N3O8S. The largest absolute Gasteiger partial charge is 0.493 e. The molecular weight excluding hydrogens is 442 g/mol. The molecule has 0 fully saturated rings. The number of ether oxygens (including phenoxy) is 2. The zero-order chi connectivity index (χ0) is 23.9. The van der Waals surface area contributed by atoms with Crippen LogP contribution in [0.1, 0.15) is 22.8 Å². The lowest BCUT2D eigenvalue weighted by atomic mass is 10.1. The minimum atomic E-state index is -3.75. The summed E-state index contributed by atoms with van der Waals surface area (Å²) in [6.07, 6.45) is 0.898.